The molecule has 0 aliphatic rings. The van der Waals surface area contributed by atoms with Crippen LogP contribution in [0.2, 0.25) is 0 Å². The predicted octanol–water partition coefficient (Wildman–Crippen LogP) is 1.18. The van der Waals surface area contributed by atoms with Crippen LogP contribution in [0.5, 0.6) is 0 Å². The van der Waals surface area contributed by atoms with Gasteiger partial charge in [0.05, 0.1) is 0 Å². The molecule has 0 fully saturated rings. The van der Waals surface area contributed by atoms with E-state index in [1.165, 1.54) is 0 Å². The topological polar surface area (TPSA) is 16.1 Å². The van der Waals surface area contributed by atoms with Crippen LogP contribution in [0.15, 0.2) is 24.5 Å². The van der Waals surface area contributed by atoms with E-state index in [2.05, 4.69) is 4.98 Å². The summed E-state index contributed by atoms with van der Waals surface area (Å²) >= 11 is 0. The summed E-state index contributed by atoms with van der Waals surface area (Å²) in [6, 6.07) is 3.90. The van der Waals surface area contributed by atoms with Gasteiger partial charge in [-0.2, -0.15) is 0 Å². The van der Waals surface area contributed by atoms with Crippen molar-refractivity contribution in [1.82, 2.24) is 9.88 Å². The number of hydrogen-bond acceptors (Lipinski definition) is 2. The zero-order chi connectivity index (χ0) is 7.40. The van der Waals surface area contributed by atoms with Crippen molar-refractivity contribution >= 4 is 0 Å². The molecule has 2 radical (unpaired) electrons. The summed E-state index contributed by atoms with van der Waals surface area (Å²) < 4.78 is 0. The molecule has 0 saturated carbocycles. The van der Waals surface area contributed by atoms with E-state index in [4.69, 9.17) is 7.05 Å². The lowest BCUT2D eigenvalue weighted by atomic mass is 10.3. The van der Waals surface area contributed by atoms with Crippen molar-refractivity contribution in [2.45, 2.75) is 6.54 Å². The summed E-state index contributed by atoms with van der Waals surface area (Å²) in [7, 11) is 7.26. The van der Waals surface area contributed by atoms with Gasteiger partial charge < -0.3 is 0 Å². The van der Waals surface area contributed by atoms with Crippen molar-refractivity contribution in [3.63, 3.8) is 0 Å². The second-order valence-electron chi connectivity index (χ2n) is 2.28. The first kappa shape index (κ1) is 7.22. The van der Waals surface area contributed by atoms with Crippen LogP contribution in [0.4, 0.5) is 0 Å². The number of rotatable bonds is 2. The zero-order valence-corrected chi connectivity index (χ0v) is 5.99. The maximum absolute atomic E-state index is 5.43. The first-order valence-corrected chi connectivity index (χ1v) is 3.14. The lowest BCUT2D eigenvalue weighted by Gasteiger charge is -2.06. The molecule has 0 aromatic carbocycles. The highest BCUT2D eigenvalue weighted by Gasteiger charge is 1.91. The van der Waals surface area contributed by atoms with Crippen LogP contribution in [0, 0.1) is 7.05 Å². The van der Waals surface area contributed by atoms with Gasteiger partial charge in [0.1, 0.15) is 0 Å². The number of hydrogen-bond donors (Lipinski definition) is 0. The fourth-order valence-electron chi connectivity index (χ4n) is 0.780. The number of nitrogens with zero attached hydrogens (tertiary/aromatic N) is 2. The Kier molecular flexibility index (Phi) is 2.40. The van der Waals surface area contributed by atoms with Gasteiger partial charge >= 0.3 is 0 Å². The minimum absolute atomic E-state index is 0.744. The van der Waals surface area contributed by atoms with Crippen LogP contribution in [0.25, 0.3) is 0 Å². The largest absolute Gasteiger partial charge is 0.296 e. The van der Waals surface area contributed by atoms with E-state index in [-0.39, 0.29) is 0 Å². The molecule has 1 aromatic rings. The molecule has 0 atom stereocenters. The van der Waals surface area contributed by atoms with Crippen molar-refractivity contribution < 1.29 is 0 Å². The average molecular weight is 134 g/mol. The Morgan fingerprint density at radius 3 is 3.00 bits per heavy atom. The summed E-state index contributed by atoms with van der Waals surface area (Å²) in [4.78, 5) is 5.58. The van der Waals surface area contributed by atoms with Crippen LogP contribution in [-0.4, -0.2) is 16.9 Å². The minimum Gasteiger partial charge on any atom is -0.296 e. The molecule has 52 valence electrons. The van der Waals surface area contributed by atoms with Gasteiger partial charge in [-0.1, -0.05) is 6.07 Å². The normalized spacial score (nSPS) is 10.3. The highest BCUT2D eigenvalue weighted by Crippen LogP contribution is 1.97. The standard InChI is InChI=1S/C8H10N2/c1-10(2)7-8-4-3-5-9-6-8/h1,3-6H,7H2,2H3. The Hall–Kier alpha value is -0.890. The quantitative estimate of drug-likeness (QED) is 0.565. The highest BCUT2D eigenvalue weighted by molar-refractivity contribution is 5.07. The third-order valence-electron chi connectivity index (χ3n) is 1.15. The summed E-state index contributed by atoms with van der Waals surface area (Å²) in [5.41, 5.74) is 1.13. The molecular weight excluding hydrogens is 124 g/mol. The van der Waals surface area contributed by atoms with E-state index < -0.39 is 0 Å². The fraction of sp³-hybridized carbons (Fsp3) is 0.250. The molecule has 0 spiro atoms. The van der Waals surface area contributed by atoms with E-state index in [9.17, 15) is 0 Å². The van der Waals surface area contributed by atoms with Crippen LogP contribution in [-0.2, 0) is 6.54 Å². The maximum atomic E-state index is 5.43. The molecule has 1 aromatic heterocycles. The predicted molar refractivity (Wildman–Crippen MR) is 40.0 cm³/mol. The lowest BCUT2D eigenvalue weighted by molar-refractivity contribution is 0.444. The molecule has 0 aliphatic heterocycles. The smallest absolute Gasteiger partial charge is 0.0439 e. The molecular formula is C8H10N2. The highest BCUT2D eigenvalue weighted by atomic mass is 15.0. The van der Waals surface area contributed by atoms with Gasteiger partial charge in [0.25, 0.3) is 0 Å². The van der Waals surface area contributed by atoms with Crippen molar-refractivity contribution in [3.8, 4) is 0 Å². The molecule has 0 bridgehead atoms. The molecule has 1 rings (SSSR count). The van der Waals surface area contributed by atoms with E-state index in [1.54, 1.807) is 11.1 Å². The Labute approximate surface area is 61.5 Å². The third-order valence-corrected chi connectivity index (χ3v) is 1.15. The van der Waals surface area contributed by atoms with Gasteiger partial charge in [0.15, 0.2) is 0 Å². The molecule has 2 nitrogen and oxygen atoms in total. The van der Waals surface area contributed by atoms with Crippen LogP contribution in [0.3, 0.4) is 0 Å². The number of aromatic nitrogens is 1. The molecule has 0 N–H and O–H groups in total. The SMILES string of the molecule is [CH]N(C)Cc1cccnc1. The summed E-state index contributed by atoms with van der Waals surface area (Å²) in [6.07, 6.45) is 3.56. The van der Waals surface area contributed by atoms with Gasteiger partial charge in [-0.05, 0) is 18.7 Å². The van der Waals surface area contributed by atoms with Crippen molar-refractivity contribution in [3.05, 3.63) is 37.1 Å². The summed E-state index contributed by atoms with van der Waals surface area (Å²) in [5.74, 6) is 0. The second-order valence-corrected chi connectivity index (χ2v) is 2.28. The third kappa shape index (κ3) is 2.15. The lowest BCUT2D eigenvalue weighted by Crippen LogP contribution is -2.07. The maximum Gasteiger partial charge on any atom is 0.0439 e. The molecule has 0 amide bonds. The summed E-state index contributed by atoms with van der Waals surface area (Å²) in [6.45, 7) is 0.744. The first-order chi connectivity index (χ1) is 4.79. The number of pyridine rings is 1. The van der Waals surface area contributed by atoms with Gasteiger partial charge in [0.2, 0.25) is 0 Å². The van der Waals surface area contributed by atoms with E-state index in [0.717, 1.165) is 12.1 Å². The molecule has 10 heavy (non-hydrogen) atoms. The summed E-state index contributed by atoms with van der Waals surface area (Å²) in [5, 5.41) is 0. The minimum atomic E-state index is 0.744. The van der Waals surface area contributed by atoms with Gasteiger partial charge in [-0.15, -0.1) is 0 Å². The van der Waals surface area contributed by atoms with E-state index in [0.29, 0.717) is 0 Å². The van der Waals surface area contributed by atoms with Crippen LogP contribution >= 0.6 is 0 Å². The van der Waals surface area contributed by atoms with Gasteiger partial charge in [-0.3, -0.25) is 9.88 Å². The molecule has 0 saturated heterocycles. The average Bonchev–Trinajstić information content (AvgIpc) is 1.88. The Balaban J connectivity index is 2.59. The van der Waals surface area contributed by atoms with E-state index >= 15 is 0 Å². The Morgan fingerprint density at radius 1 is 1.70 bits per heavy atom. The van der Waals surface area contributed by atoms with Crippen molar-refractivity contribution in [2.24, 2.45) is 0 Å². The Morgan fingerprint density at radius 2 is 2.50 bits per heavy atom. The monoisotopic (exact) mass is 134 g/mol. The van der Waals surface area contributed by atoms with Crippen LogP contribution < -0.4 is 0 Å². The van der Waals surface area contributed by atoms with Gasteiger partial charge in [0, 0.05) is 26.0 Å². The van der Waals surface area contributed by atoms with Crippen molar-refractivity contribution in [2.75, 3.05) is 7.05 Å². The Bertz CT molecular complexity index is 182. The molecule has 0 aliphatic carbocycles. The zero-order valence-electron chi connectivity index (χ0n) is 5.99. The molecule has 2 heteroatoms. The van der Waals surface area contributed by atoms with Crippen molar-refractivity contribution in [1.29, 1.82) is 0 Å². The molecule has 0 unspecified atom stereocenters. The molecule has 1 heterocycles. The van der Waals surface area contributed by atoms with Gasteiger partial charge in [-0.25, -0.2) is 0 Å². The fourth-order valence-corrected chi connectivity index (χ4v) is 0.780. The van der Waals surface area contributed by atoms with E-state index in [1.807, 2.05) is 25.4 Å². The second kappa shape index (κ2) is 3.32. The first-order valence-electron chi connectivity index (χ1n) is 3.14. The van der Waals surface area contributed by atoms with Crippen LogP contribution in [0.1, 0.15) is 5.56 Å².